The number of hydrogen-bond acceptors (Lipinski definition) is 6. The number of carbonyl (C=O) groups excluding carboxylic acids is 1. The van der Waals surface area contributed by atoms with Gasteiger partial charge in [-0.25, -0.2) is 9.78 Å². The second-order valence-electron chi connectivity index (χ2n) is 1.57. The zero-order chi connectivity index (χ0) is 8.10. The van der Waals surface area contributed by atoms with Crippen LogP contribution in [-0.2, 0) is 4.84 Å². The number of hydrogen-bond donors (Lipinski definition) is 2. The largest absolute Gasteiger partial charge is 0.377 e. The summed E-state index contributed by atoms with van der Waals surface area (Å²) in [6.45, 7) is 0. The lowest BCUT2D eigenvalue weighted by atomic mass is 10.5. The highest BCUT2D eigenvalue weighted by molar-refractivity contribution is 7.77. The number of nitrogens with one attached hydrogen (secondary N) is 1. The summed E-state index contributed by atoms with van der Waals surface area (Å²) in [6.07, 6.45) is 4.16. The summed E-state index contributed by atoms with van der Waals surface area (Å²) < 4.78 is 0. The number of rotatable bonds is 2. The van der Waals surface area contributed by atoms with E-state index in [1.165, 1.54) is 18.6 Å². The van der Waals surface area contributed by atoms with Crippen LogP contribution in [0.15, 0.2) is 18.6 Å². The highest BCUT2D eigenvalue weighted by Gasteiger charge is 2.06. The van der Waals surface area contributed by atoms with E-state index in [9.17, 15) is 4.79 Å². The molecule has 0 aliphatic carbocycles. The Kier molecular flexibility index (Phi) is 2.82. The molecule has 5 nitrogen and oxygen atoms in total. The molecule has 0 radical (unpaired) electrons. The van der Waals surface area contributed by atoms with Gasteiger partial charge >= 0.3 is 5.97 Å². The Balaban J connectivity index is 2.69. The van der Waals surface area contributed by atoms with Gasteiger partial charge in [-0.1, -0.05) is 17.7 Å². The average molecular weight is 171 g/mol. The van der Waals surface area contributed by atoms with E-state index in [0.717, 1.165) is 0 Å². The van der Waals surface area contributed by atoms with Gasteiger partial charge in [0.05, 0.1) is 6.20 Å². The van der Waals surface area contributed by atoms with E-state index in [1.807, 2.05) is 4.89 Å². The Labute approximate surface area is 68.3 Å². The van der Waals surface area contributed by atoms with Crippen molar-refractivity contribution in [3.05, 3.63) is 24.3 Å². The van der Waals surface area contributed by atoms with E-state index in [2.05, 4.69) is 27.6 Å². The van der Waals surface area contributed by atoms with E-state index in [1.54, 1.807) is 0 Å². The van der Waals surface area contributed by atoms with Gasteiger partial charge in [0.1, 0.15) is 0 Å². The first-order chi connectivity index (χ1) is 5.34. The highest BCUT2D eigenvalue weighted by atomic mass is 32.1. The normalized spacial score (nSPS) is 9.18. The predicted molar refractivity (Wildman–Crippen MR) is 39.6 cm³/mol. The minimum absolute atomic E-state index is 0.133. The van der Waals surface area contributed by atoms with Crippen molar-refractivity contribution >= 4 is 18.8 Å². The van der Waals surface area contributed by atoms with E-state index in [4.69, 9.17) is 0 Å². The molecular weight excluding hydrogens is 166 g/mol. The fourth-order valence-corrected chi connectivity index (χ4v) is 0.581. The number of thiol groups is 1. The molecule has 1 aromatic rings. The van der Waals surface area contributed by atoms with Gasteiger partial charge in [0.2, 0.25) is 0 Å². The molecule has 58 valence electrons. The maximum atomic E-state index is 10.8. The molecule has 6 heteroatoms. The third-order valence-corrected chi connectivity index (χ3v) is 1.00. The number of aromatic nitrogens is 2. The second kappa shape index (κ2) is 3.89. The Hall–Kier alpha value is -1.14. The van der Waals surface area contributed by atoms with Crippen LogP contribution in [0.4, 0.5) is 0 Å². The van der Waals surface area contributed by atoms with Crippen molar-refractivity contribution in [2.45, 2.75) is 0 Å². The van der Waals surface area contributed by atoms with Gasteiger partial charge in [0, 0.05) is 12.4 Å². The van der Waals surface area contributed by atoms with Crippen LogP contribution in [0.3, 0.4) is 0 Å². The second-order valence-corrected chi connectivity index (χ2v) is 1.75. The monoisotopic (exact) mass is 171 g/mol. The summed E-state index contributed by atoms with van der Waals surface area (Å²) in [5.74, 6) is -0.617. The fraction of sp³-hybridized carbons (Fsp3) is 0. The van der Waals surface area contributed by atoms with Crippen LogP contribution in [0.1, 0.15) is 10.5 Å². The molecule has 0 fully saturated rings. The van der Waals surface area contributed by atoms with Gasteiger partial charge in [-0.2, -0.15) is 0 Å². The molecule has 0 atom stereocenters. The maximum absolute atomic E-state index is 10.8. The van der Waals surface area contributed by atoms with E-state index in [-0.39, 0.29) is 5.69 Å². The number of nitrogens with zero attached hydrogens (tertiary/aromatic N) is 2. The lowest BCUT2D eigenvalue weighted by Crippen LogP contribution is -2.12. The van der Waals surface area contributed by atoms with Crippen molar-refractivity contribution in [3.8, 4) is 0 Å². The minimum Gasteiger partial charge on any atom is -0.355 e. The molecule has 0 saturated carbocycles. The van der Waals surface area contributed by atoms with Gasteiger partial charge < -0.3 is 4.84 Å². The van der Waals surface area contributed by atoms with Crippen molar-refractivity contribution < 1.29 is 9.63 Å². The standard InChI is InChI=1S/C5H5N3O2S/c9-5(10-8-11)4-3-6-1-2-7-4/h1-3,8,11H. The Morgan fingerprint density at radius 1 is 1.64 bits per heavy atom. The molecule has 0 aromatic carbocycles. The topological polar surface area (TPSA) is 64.1 Å². The molecule has 1 rings (SSSR count). The first kappa shape index (κ1) is 7.96. The zero-order valence-corrected chi connectivity index (χ0v) is 6.28. The summed E-state index contributed by atoms with van der Waals surface area (Å²) in [5.41, 5.74) is 0.133. The molecule has 1 heterocycles. The molecule has 1 aromatic heterocycles. The van der Waals surface area contributed by atoms with Crippen LogP contribution in [0.2, 0.25) is 0 Å². The molecule has 0 amide bonds. The van der Waals surface area contributed by atoms with Crippen LogP contribution in [0, 0.1) is 0 Å². The summed E-state index contributed by atoms with van der Waals surface area (Å²) >= 11 is 3.47. The van der Waals surface area contributed by atoms with Gasteiger partial charge in [0.15, 0.2) is 5.69 Å². The van der Waals surface area contributed by atoms with Gasteiger partial charge in [-0.3, -0.25) is 4.98 Å². The van der Waals surface area contributed by atoms with E-state index < -0.39 is 5.97 Å². The van der Waals surface area contributed by atoms with Crippen molar-refractivity contribution in [1.29, 1.82) is 0 Å². The molecule has 0 aliphatic heterocycles. The van der Waals surface area contributed by atoms with Gasteiger partial charge in [-0.15, -0.1) is 0 Å². The summed E-state index contributed by atoms with van der Waals surface area (Å²) in [7, 11) is 0. The molecule has 11 heavy (non-hydrogen) atoms. The van der Waals surface area contributed by atoms with Crippen LogP contribution in [0.25, 0.3) is 0 Å². The Morgan fingerprint density at radius 3 is 3.00 bits per heavy atom. The van der Waals surface area contributed by atoms with Crippen LogP contribution >= 0.6 is 12.8 Å². The summed E-state index contributed by atoms with van der Waals surface area (Å²) in [5, 5.41) is 0. The average Bonchev–Trinajstić information content (AvgIpc) is 2.07. The zero-order valence-electron chi connectivity index (χ0n) is 5.39. The van der Waals surface area contributed by atoms with Crippen LogP contribution in [0.5, 0.6) is 0 Å². The Morgan fingerprint density at radius 2 is 2.45 bits per heavy atom. The SMILES string of the molecule is O=C(ONS)c1cnccn1. The summed E-state index contributed by atoms with van der Waals surface area (Å²) in [6, 6.07) is 0. The molecular formula is C5H5N3O2S. The van der Waals surface area contributed by atoms with Crippen molar-refractivity contribution in [2.75, 3.05) is 0 Å². The van der Waals surface area contributed by atoms with Crippen molar-refractivity contribution in [3.63, 3.8) is 0 Å². The quantitative estimate of drug-likeness (QED) is 0.483. The number of carbonyl (C=O) groups is 1. The molecule has 0 unspecified atom stereocenters. The van der Waals surface area contributed by atoms with E-state index >= 15 is 0 Å². The Bertz CT molecular complexity index is 241. The first-order valence-corrected chi connectivity index (χ1v) is 3.15. The molecule has 0 spiro atoms. The summed E-state index contributed by atoms with van der Waals surface area (Å²) in [4.78, 5) is 24.4. The maximum Gasteiger partial charge on any atom is 0.377 e. The lowest BCUT2D eigenvalue weighted by molar-refractivity contribution is 0.0422. The van der Waals surface area contributed by atoms with Gasteiger partial charge in [-0.05, 0) is 0 Å². The molecule has 0 aliphatic rings. The predicted octanol–water partition coefficient (Wildman–Crippen LogP) is -0.0172. The lowest BCUT2D eigenvalue weighted by Gasteiger charge is -1.97. The minimum atomic E-state index is -0.617. The van der Waals surface area contributed by atoms with E-state index in [0.29, 0.717) is 0 Å². The third-order valence-electron chi connectivity index (χ3n) is 0.911. The third kappa shape index (κ3) is 2.17. The molecule has 0 bridgehead atoms. The van der Waals surface area contributed by atoms with Gasteiger partial charge in [0.25, 0.3) is 0 Å². The smallest absolute Gasteiger partial charge is 0.355 e. The molecule has 1 N–H and O–H groups in total. The molecule has 0 saturated heterocycles. The van der Waals surface area contributed by atoms with Crippen LogP contribution in [-0.4, -0.2) is 15.9 Å². The van der Waals surface area contributed by atoms with Crippen LogP contribution < -0.4 is 4.89 Å². The highest BCUT2D eigenvalue weighted by Crippen LogP contribution is 1.91. The first-order valence-electron chi connectivity index (χ1n) is 2.71. The van der Waals surface area contributed by atoms with Crippen molar-refractivity contribution in [2.24, 2.45) is 0 Å². The van der Waals surface area contributed by atoms with Crippen molar-refractivity contribution in [1.82, 2.24) is 14.9 Å². The fourth-order valence-electron chi connectivity index (χ4n) is 0.498.